The summed E-state index contributed by atoms with van der Waals surface area (Å²) in [6, 6.07) is 18.2. The van der Waals surface area contributed by atoms with Crippen molar-refractivity contribution in [1.82, 2.24) is 10.2 Å². The molecule has 9 heteroatoms. The molecule has 0 aliphatic carbocycles. The van der Waals surface area contributed by atoms with Crippen LogP contribution in [0.1, 0.15) is 17.0 Å². The van der Waals surface area contributed by atoms with Crippen LogP contribution >= 0.6 is 0 Å². The lowest BCUT2D eigenvalue weighted by atomic mass is 10.1. The third-order valence-corrected chi connectivity index (χ3v) is 5.26. The number of amides is 2. The van der Waals surface area contributed by atoms with Gasteiger partial charge in [0, 0.05) is 23.4 Å². The standard InChI is InChI=1S/C26H26N4O5/c1-16-5-7-17(8-6-16)13-23-29-30-25(35-23)18-9-11-19(12-10-18)27-26(31)28-20-14-21(32-2)24(34-4)22(15-20)33-3/h5-12,14-15H,13H2,1-4H3,(H2,27,28,31). The fraction of sp³-hybridized carbons (Fsp3) is 0.192. The van der Waals surface area contributed by atoms with E-state index in [2.05, 4.69) is 33.0 Å². The van der Waals surface area contributed by atoms with E-state index < -0.39 is 6.03 Å². The second kappa shape index (κ2) is 10.6. The van der Waals surface area contributed by atoms with Crippen LogP contribution in [0.4, 0.5) is 16.2 Å². The highest BCUT2D eigenvalue weighted by atomic mass is 16.5. The minimum atomic E-state index is -0.426. The molecule has 180 valence electrons. The molecule has 0 bridgehead atoms. The fourth-order valence-corrected chi connectivity index (χ4v) is 3.47. The highest BCUT2D eigenvalue weighted by molar-refractivity contribution is 6.00. The highest BCUT2D eigenvalue weighted by Gasteiger charge is 2.15. The van der Waals surface area contributed by atoms with Gasteiger partial charge >= 0.3 is 6.03 Å². The molecule has 1 aromatic heterocycles. The van der Waals surface area contributed by atoms with E-state index in [1.54, 1.807) is 36.4 Å². The molecule has 0 saturated carbocycles. The van der Waals surface area contributed by atoms with Crippen LogP contribution in [0.3, 0.4) is 0 Å². The Balaban J connectivity index is 1.39. The van der Waals surface area contributed by atoms with Gasteiger partial charge in [0.05, 0.1) is 33.4 Å². The number of carbonyl (C=O) groups is 1. The topological polar surface area (TPSA) is 108 Å². The van der Waals surface area contributed by atoms with Gasteiger partial charge in [-0.1, -0.05) is 29.8 Å². The highest BCUT2D eigenvalue weighted by Crippen LogP contribution is 2.40. The lowest BCUT2D eigenvalue weighted by Gasteiger charge is -2.15. The van der Waals surface area contributed by atoms with Gasteiger partial charge in [-0.05, 0) is 36.8 Å². The number of ether oxygens (including phenoxy) is 3. The summed E-state index contributed by atoms with van der Waals surface area (Å²) in [5.41, 5.74) is 4.14. The van der Waals surface area contributed by atoms with Crippen molar-refractivity contribution in [2.75, 3.05) is 32.0 Å². The van der Waals surface area contributed by atoms with E-state index in [1.807, 2.05) is 19.1 Å². The molecule has 2 amide bonds. The van der Waals surface area contributed by atoms with E-state index in [-0.39, 0.29) is 0 Å². The smallest absolute Gasteiger partial charge is 0.323 e. The molecule has 0 radical (unpaired) electrons. The lowest BCUT2D eigenvalue weighted by molar-refractivity contribution is 0.262. The minimum Gasteiger partial charge on any atom is -0.493 e. The molecule has 0 fully saturated rings. The molecule has 35 heavy (non-hydrogen) atoms. The zero-order valence-electron chi connectivity index (χ0n) is 19.9. The van der Waals surface area contributed by atoms with Crippen LogP contribution < -0.4 is 24.8 Å². The minimum absolute atomic E-state index is 0.417. The number of hydrogen-bond acceptors (Lipinski definition) is 7. The van der Waals surface area contributed by atoms with Gasteiger partial charge in [0.1, 0.15) is 0 Å². The number of aryl methyl sites for hydroxylation is 1. The zero-order chi connectivity index (χ0) is 24.8. The first-order valence-electron chi connectivity index (χ1n) is 10.9. The summed E-state index contributed by atoms with van der Waals surface area (Å²) in [5.74, 6) is 2.27. The molecule has 9 nitrogen and oxygen atoms in total. The van der Waals surface area contributed by atoms with Crippen molar-refractivity contribution in [3.05, 3.63) is 77.7 Å². The maximum absolute atomic E-state index is 12.5. The van der Waals surface area contributed by atoms with Crippen LogP contribution in [-0.4, -0.2) is 37.6 Å². The Morgan fingerprint density at radius 1 is 0.829 bits per heavy atom. The number of methoxy groups -OCH3 is 3. The quantitative estimate of drug-likeness (QED) is 0.356. The van der Waals surface area contributed by atoms with Crippen molar-refractivity contribution in [2.24, 2.45) is 0 Å². The molecule has 4 aromatic rings. The fourth-order valence-electron chi connectivity index (χ4n) is 3.47. The first kappa shape index (κ1) is 23.6. The van der Waals surface area contributed by atoms with E-state index in [0.717, 1.165) is 11.1 Å². The molecule has 0 spiro atoms. The molecule has 0 saturated heterocycles. The first-order valence-corrected chi connectivity index (χ1v) is 10.9. The summed E-state index contributed by atoms with van der Waals surface area (Å²) in [4.78, 5) is 12.5. The summed E-state index contributed by atoms with van der Waals surface area (Å²) in [6.45, 7) is 2.05. The normalized spacial score (nSPS) is 10.5. The Morgan fingerprint density at radius 3 is 2.06 bits per heavy atom. The number of nitrogens with zero attached hydrogens (tertiary/aromatic N) is 2. The molecule has 0 aliphatic rings. The number of nitrogens with one attached hydrogen (secondary N) is 2. The molecule has 1 heterocycles. The number of benzene rings is 3. The maximum atomic E-state index is 12.5. The molecule has 0 aliphatic heterocycles. The zero-order valence-corrected chi connectivity index (χ0v) is 19.9. The van der Waals surface area contributed by atoms with Gasteiger partial charge in [0.15, 0.2) is 11.5 Å². The number of rotatable bonds is 8. The van der Waals surface area contributed by atoms with Crippen LogP contribution in [0.25, 0.3) is 11.5 Å². The van der Waals surface area contributed by atoms with Gasteiger partial charge < -0.3 is 29.3 Å². The molecule has 2 N–H and O–H groups in total. The molecule has 0 unspecified atom stereocenters. The number of aromatic nitrogens is 2. The summed E-state index contributed by atoms with van der Waals surface area (Å²) < 4.78 is 21.7. The van der Waals surface area contributed by atoms with Crippen molar-refractivity contribution in [3.8, 4) is 28.7 Å². The van der Waals surface area contributed by atoms with Gasteiger partial charge in [-0.25, -0.2) is 4.79 Å². The predicted octanol–water partition coefficient (Wildman–Crippen LogP) is 5.31. The second-order valence-electron chi connectivity index (χ2n) is 7.73. The van der Waals surface area contributed by atoms with Gasteiger partial charge in [-0.15, -0.1) is 10.2 Å². The van der Waals surface area contributed by atoms with Crippen molar-refractivity contribution in [1.29, 1.82) is 0 Å². The van der Waals surface area contributed by atoms with Crippen LogP contribution in [0.15, 0.2) is 65.1 Å². The van der Waals surface area contributed by atoms with Crippen LogP contribution in [0, 0.1) is 6.92 Å². The van der Waals surface area contributed by atoms with E-state index in [0.29, 0.717) is 46.8 Å². The molecule has 4 rings (SSSR count). The number of carbonyl (C=O) groups excluding carboxylic acids is 1. The van der Waals surface area contributed by atoms with Gasteiger partial charge in [0.2, 0.25) is 17.5 Å². The van der Waals surface area contributed by atoms with E-state index in [4.69, 9.17) is 18.6 Å². The van der Waals surface area contributed by atoms with E-state index >= 15 is 0 Å². The molecule has 0 atom stereocenters. The first-order chi connectivity index (χ1) is 17.0. The summed E-state index contributed by atoms with van der Waals surface area (Å²) >= 11 is 0. The predicted molar refractivity (Wildman–Crippen MR) is 132 cm³/mol. The van der Waals surface area contributed by atoms with Gasteiger partial charge in [0.25, 0.3) is 0 Å². The third-order valence-electron chi connectivity index (χ3n) is 5.26. The molecular weight excluding hydrogens is 448 g/mol. The monoisotopic (exact) mass is 474 g/mol. The lowest BCUT2D eigenvalue weighted by Crippen LogP contribution is -2.19. The van der Waals surface area contributed by atoms with Crippen molar-refractivity contribution >= 4 is 17.4 Å². The second-order valence-corrected chi connectivity index (χ2v) is 7.73. The van der Waals surface area contributed by atoms with Crippen molar-refractivity contribution in [2.45, 2.75) is 13.3 Å². The van der Waals surface area contributed by atoms with Crippen LogP contribution in [0.2, 0.25) is 0 Å². The summed E-state index contributed by atoms with van der Waals surface area (Å²) in [7, 11) is 4.54. The van der Waals surface area contributed by atoms with Gasteiger partial charge in [-0.2, -0.15) is 0 Å². The summed E-state index contributed by atoms with van der Waals surface area (Å²) in [5, 5.41) is 13.8. The average Bonchev–Trinajstić information content (AvgIpc) is 3.33. The van der Waals surface area contributed by atoms with Crippen molar-refractivity contribution < 1.29 is 23.4 Å². The van der Waals surface area contributed by atoms with Crippen molar-refractivity contribution in [3.63, 3.8) is 0 Å². The van der Waals surface area contributed by atoms with E-state index in [1.165, 1.54) is 26.9 Å². The van der Waals surface area contributed by atoms with Crippen LogP contribution in [0.5, 0.6) is 17.2 Å². The number of urea groups is 1. The number of hydrogen-bond donors (Lipinski definition) is 2. The Morgan fingerprint density at radius 2 is 1.46 bits per heavy atom. The number of anilines is 2. The Kier molecular flexibility index (Phi) is 7.15. The Hall–Kier alpha value is -4.53. The maximum Gasteiger partial charge on any atom is 0.323 e. The van der Waals surface area contributed by atoms with E-state index in [9.17, 15) is 4.79 Å². The van der Waals surface area contributed by atoms with Crippen LogP contribution in [-0.2, 0) is 6.42 Å². The Bertz CT molecular complexity index is 1280. The van der Waals surface area contributed by atoms with Gasteiger partial charge in [-0.3, -0.25) is 0 Å². The molecular formula is C26H26N4O5. The Labute approximate surface area is 203 Å². The molecule has 3 aromatic carbocycles. The third kappa shape index (κ3) is 5.70. The summed E-state index contributed by atoms with van der Waals surface area (Å²) in [6.07, 6.45) is 0.564. The SMILES string of the molecule is COc1cc(NC(=O)Nc2ccc(-c3nnc(Cc4ccc(C)cc4)o3)cc2)cc(OC)c1OC. The average molecular weight is 475 g/mol. The largest absolute Gasteiger partial charge is 0.493 e.